The Bertz CT molecular complexity index is 891. The molecule has 2 saturated carbocycles. The lowest BCUT2D eigenvalue weighted by Crippen LogP contribution is -2.60. The van der Waals surface area contributed by atoms with Crippen LogP contribution in [0.1, 0.15) is 70.6 Å². The predicted molar refractivity (Wildman–Crippen MR) is 155 cm³/mol. The van der Waals surface area contributed by atoms with Crippen molar-refractivity contribution in [1.82, 2.24) is 15.3 Å². The fourth-order valence-electron chi connectivity index (χ4n) is 6.36. The molecule has 0 bridgehead atoms. The van der Waals surface area contributed by atoms with E-state index >= 15 is 0 Å². The van der Waals surface area contributed by atoms with Gasteiger partial charge in [-0.1, -0.05) is 18.2 Å². The molecule has 0 spiro atoms. The Labute approximate surface area is 243 Å². The number of ether oxygens (including phenoxy) is 2. The molecule has 2 aliphatic carbocycles. The van der Waals surface area contributed by atoms with Gasteiger partial charge in [0.2, 0.25) is 11.8 Å². The Morgan fingerprint density at radius 3 is 2.62 bits per heavy atom. The zero-order valence-corrected chi connectivity index (χ0v) is 25.1. The number of allylic oxidation sites excluding steroid dienone is 1. The molecule has 2 saturated heterocycles. The van der Waals surface area contributed by atoms with Crippen LogP contribution in [-0.4, -0.2) is 92.4 Å². The van der Waals surface area contributed by atoms with E-state index in [1.54, 1.807) is 12.2 Å². The summed E-state index contributed by atoms with van der Waals surface area (Å²) in [6.45, 7) is 6.54. The van der Waals surface area contributed by atoms with Gasteiger partial charge in [-0.25, -0.2) is 8.67 Å². The lowest BCUT2D eigenvalue weighted by Gasteiger charge is -2.39. The Morgan fingerprint density at radius 2 is 1.95 bits per heavy atom. The Balaban J connectivity index is 1.47. The van der Waals surface area contributed by atoms with Crippen molar-refractivity contribution in [1.29, 1.82) is 0 Å². The second kappa shape index (κ2) is 15.7. The first-order valence-corrected chi connectivity index (χ1v) is 16.0. The molecular formula is C30H48FN3O5S. The maximum absolute atomic E-state index is 13.9. The number of rotatable bonds is 11. The lowest BCUT2D eigenvalue weighted by atomic mass is 9.88. The van der Waals surface area contributed by atoms with E-state index in [0.717, 1.165) is 50.5 Å². The second-order valence-electron chi connectivity index (χ2n) is 11.9. The van der Waals surface area contributed by atoms with Crippen molar-refractivity contribution in [2.24, 2.45) is 11.8 Å². The number of alkyl halides is 1. The number of methoxy groups -OCH3 is 1. The van der Waals surface area contributed by atoms with Crippen molar-refractivity contribution in [3.63, 3.8) is 0 Å². The fraction of sp³-hybridized carbons (Fsp3) is 0.800. The Kier molecular flexibility index (Phi) is 12.3. The molecular weight excluding hydrogens is 533 g/mol. The minimum absolute atomic E-state index is 0.00441. The van der Waals surface area contributed by atoms with Crippen LogP contribution in [0, 0.1) is 11.8 Å². The molecule has 0 radical (unpaired) electrons. The highest BCUT2D eigenvalue weighted by Crippen LogP contribution is 2.31. The van der Waals surface area contributed by atoms with E-state index in [-0.39, 0.29) is 29.9 Å². The highest BCUT2D eigenvalue weighted by Gasteiger charge is 2.42. The minimum atomic E-state index is -0.726. The van der Waals surface area contributed by atoms with Crippen LogP contribution < -0.4 is 5.32 Å². The highest BCUT2D eigenvalue weighted by atomic mass is 32.2. The maximum atomic E-state index is 13.9. The third-order valence-corrected chi connectivity index (χ3v) is 9.87. The van der Waals surface area contributed by atoms with E-state index in [4.69, 9.17) is 13.8 Å². The van der Waals surface area contributed by atoms with Gasteiger partial charge in [0, 0.05) is 64.7 Å². The van der Waals surface area contributed by atoms with Crippen molar-refractivity contribution in [3.8, 4) is 0 Å². The van der Waals surface area contributed by atoms with Crippen LogP contribution in [0.25, 0.3) is 0 Å². The van der Waals surface area contributed by atoms with Gasteiger partial charge in [-0.15, -0.1) is 0 Å². The van der Waals surface area contributed by atoms with Crippen molar-refractivity contribution < 1.29 is 27.7 Å². The monoisotopic (exact) mass is 581 g/mol. The summed E-state index contributed by atoms with van der Waals surface area (Å²) in [6.07, 6.45) is 9.61. The Morgan fingerprint density at radius 1 is 1.20 bits per heavy atom. The number of nitrogens with one attached hydrogen (secondary N) is 1. The molecule has 1 N–H and O–H groups in total. The van der Waals surface area contributed by atoms with Gasteiger partial charge in [-0.2, -0.15) is 5.06 Å². The average molecular weight is 582 g/mol. The molecule has 4 fully saturated rings. The molecule has 0 aromatic rings. The maximum Gasteiger partial charge on any atom is 0.244 e. The van der Waals surface area contributed by atoms with Gasteiger partial charge in [0.1, 0.15) is 12.2 Å². The van der Waals surface area contributed by atoms with Gasteiger partial charge in [0.25, 0.3) is 0 Å². The quantitative estimate of drug-likeness (QED) is 0.282. The average Bonchev–Trinajstić information content (AvgIpc) is 3.38. The van der Waals surface area contributed by atoms with Gasteiger partial charge in [-0.05, 0) is 81.6 Å². The van der Waals surface area contributed by atoms with E-state index in [9.17, 15) is 14.0 Å². The number of hydrogen-bond donors (Lipinski definition) is 1. The summed E-state index contributed by atoms with van der Waals surface area (Å²) < 4.78 is 30.4. The van der Waals surface area contributed by atoms with Gasteiger partial charge in [0.15, 0.2) is 0 Å². The van der Waals surface area contributed by atoms with Gasteiger partial charge >= 0.3 is 0 Å². The summed E-state index contributed by atoms with van der Waals surface area (Å²) >= 11 is 1.31. The predicted octanol–water partition coefficient (Wildman–Crippen LogP) is 4.61. The van der Waals surface area contributed by atoms with Gasteiger partial charge in [0.05, 0.1) is 12.1 Å². The summed E-state index contributed by atoms with van der Waals surface area (Å²) in [7, 11) is 3.55. The van der Waals surface area contributed by atoms with E-state index in [1.165, 1.54) is 17.6 Å². The largest absolute Gasteiger partial charge is 0.381 e. The van der Waals surface area contributed by atoms with E-state index in [1.807, 2.05) is 11.9 Å². The molecule has 4 rings (SSSR count). The lowest BCUT2D eigenvalue weighted by molar-refractivity contribution is -0.148. The van der Waals surface area contributed by atoms with Gasteiger partial charge in [-0.3, -0.25) is 9.59 Å². The molecule has 2 heterocycles. The first-order chi connectivity index (χ1) is 19.4. The fourth-order valence-corrected chi connectivity index (χ4v) is 7.23. The molecule has 0 aromatic heterocycles. The first kappa shape index (κ1) is 31.5. The SMILES string of the molecule is C=C1CC/C(=C\CCC(=O)N(CC2CCOCC2)C(C(=O)NCC2CCC(F)CC2)C2CSON2C)CC1OC. The van der Waals surface area contributed by atoms with Crippen molar-refractivity contribution in [3.05, 3.63) is 23.8 Å². The van der Waals surface area contributed by atoms with Crippen molar-refractivity contribution >= 4 is 23.9 Å². The number of hydroxylamine groups is 2. The number of halogens is 1. The van der Waals surface area contributed by atoms with Crippen LogP contribution in [-0.2, 0) is 23.3 Å². The molecule has 40 heavy (non-hydrogen) atoms. The van der Waals surface area contributed by atoms with Crippen LogP contribution in [0.2, 0.25) is 0 Å². The third-order valence-electron chi connectivity index (χ3n) is 9.05. The van der Waals surface area contributed by atoms with Crippen molar-refractivity contribution in [2.75, 3.05) is 46.2 Å². The van der Waals surface area contributed by atoms with Crippen LogP contribution in [0.3, 0.4) is 0 Å². The molecule has 226 valence electrons. The molecule has 8 nitrogen and oxygen atoms in total. The molecule has 0 aromatic carbocycles. The number of amides is 2. The molecule has 2 aliphatic heterocycles. The van der Waals surface area contributed by atoms with Gasteiger partial charge < -0.3 is 19.7 Å². The van der Waals surface area contributed by atoms with E-state index in [0.29, 0.717) is 63.7 Å². The molecule has 4 aliphatic rings. The summed E-state index contributed by atoms with van der Waals surface area (Å²) in [5, 5.41) is 4.87. The minimum Gasteiger partial charge on any atom is -0.381 e. The Hall–Kier alpha value is -1.46. The molecule has 10 heteroatoms. The summed E-state index contributed by atoms with van der Waals surface area (Å²) in [5.74, 6) is 1.02. The number of carbonyl (C=O) groups is 2. The number of hydrogen-bond acceptors (Lipinski definition) is 7. The zero-order chi connectivity index (χ0) is 28.5. The summed E-state index contributed by atoms with van der Waals surface area (Å²) in [4.78, 5) is 29.6. The second-order valence-corrected chi connectivity index (χ2v) is 12.6. The van der Waals surface area contributed by atoms with Crippen LogP contribution in [0.15, 0.2) is 23.8 Å². The smallest absolute Gasteiger partial charge is 0.244 e. The topological polar surface area (TPSA) is 80.3 Å². The number of carbonyl (C=O) groups excluding carboxylic acids is 2. The van der Waals surface area contributed by atoms with E-state index < -0.39 is 12.2 Å². The third kappa shape index (κ3) is 8.77. The van der Waals surface area contributed by atoms with Crippen molar-refractivity contribution in [2.45, 2.75) is 95.0 Å². The standard InChI is InChI=1S/C30H48FN3O5S/c1-21-7-8-22(17-27(21)37-3)5-4-6-28(35)34(19-24-13-15-38-16-14-24)29(26-20-40-39-33(26)2)30(36)32-18-23-9-11-25(31)12-10-23/h5,23-27,29H,1,4,6-20H2,2-3H3,(H,32,36)/b22-5+. The zero-order valence-electron chi connectivity index (χ0n) is 24.3. The molecule has 2 amide bonds. The highest BCUT2D eigenvalue weighted by molar-refractivity contribution is 7.94. The number of nitrogens with zero attached hydrogens (tertiary/aromatic N) is 2. The van der Waals surface area contributed by atoms with Crippen LogP contribution in [0.5, 0.6) is 0 Å². The van der Waals surface area contributed by atoms with E-state index in [2.05, 4.69) is 18.0 Å². The van der Waals surface area contributed by atoms with Crippen LogP contribution >= 0.6 is 12.0 Å². The molecule has 3 atom stereocenters. The summed E-state index contributed by atoms with van der Waals surface area (Å²) in [6, 6.07) is -0.906. The summed E-state index contributed by atoms with van der Waals surface area (Å²) in [5.41, 5.74) is 2.44. The molecule has 3 unspecified atom stereocenters. The number of likely N-dealkylation sites (N-methyl/N-ethyl adjacent to an activating group) is 1. The van der Waals surface area contributed by atoms with Crippen LogP contribution in [0.4, 0.5) is 4.39 Å². The first-order valence-electron chi connectivity index (χ1n) is 15.1. The normalized spacial score (nSPS) is 30.4.